The molecule has 0 atom stereocenters. The van der Waals surface area contributed by atoms with Crippen LogP contribution in [0.3, 0.4) is 0 Å². The van der Waals surface area contributed by atoms with E-state index in [0.29, 0.717) is 5.56 Å². The number of ether oxygens (including phenoxy) is 3. The van der Waals surface area contributed by atoms with Gasteiger partial charge in [0.05, 0.1) is 7.11 Å². The zero-order valence-electron chi connectivity index (χ0n) is 14.3. The van der Waals surface area contributed by atoms with Crippen molar-refractivity contribution in [3.05, 3.63) is 52.2 Å². The molecule has 0 aliphatic carbocycles. The highest BCUT2D eigenvalue weighted by Gasteiger charge is 2.12. The molecule has 0 bridgehead atoms. The van der Waals surface area contributed by atoms with E-state index in [4.69, 9.17) is 9.47 Å². The molecule has 27 heavy (non-hydrogen) atoms. The zero-order valence-corrected chi connectivity index (χ0v) is 15.1. The molecule has 1 N–H and O–H groups in total. The number of alkyl halides is 2. The molecule has 6 nitrogen and oxygen atoms in total. The van der Waals surface area contributed by atoms with E-state index >= 15 is 0 Å². The summed E-state index contributed by atoms with van der Waals surface area (Å²) in [6, 6.07) is 7.99. The predicted molar refractivity (Wildman–Crippen MR) is 95.8 cm³/mol. The lowest BCUT2D eigenvalue weighted by Gasteiger charge is -2.12. The molecular weight excluding hydrogens is 380 g/mol. The second-order valence-electron chi connectivity index (χ2n) is 5.10. The summed E-state index contributed by atoms with van der Waals surface area (Å²) in [5, 5.41) is 4.43. The Morgan fingerprint density at radius 2 is 2.07 bits per heavy atom. The third kappa shape index (κ3) is 7.06. The number of hydrogen-bond donors (Lipinski definition) is 1. The third-order valence-corrected chi connectivity index (χ3v) is 4.04. The third-order valence-electron chi connectivity index (χ3n) is 3.21. The van der Waals surface area contributed by atoms with E-state index in [1.807, 2.05) is 17.5 Å². The standard InChI is InChI=1S/C18H17F2NO5S/c1-24-15-9-12(4-6-14(15)26-18(19)20)10-21-16(22)11-25-17(23)7-5-13-3-2-8-27-13/h2-9,18H,10-11H2,1H3,(H,21,22)/b7-5+. The topological polar surface area (TPSA) is 73.9 Å². The lowest BCUT2D eigenvalue weighted by Crippen LogP contribution is -2.28. The molecule has 0 aliphatic heterocycles. The minimum atomic E-state index is -2.96. The van der Waals surface area contributed by atoms with Crippen LogP contribution in [0, 0.1) is 0 Å². The van der Waals surface area contributed by atoms with Crippen LogP contribution >= 0.6 is 11.3 Å². The summed E-state index contributed by atoms with van der Waals surface area (Å²) in [5.74, 6) is -1.12. The van der Waals surface area contributed by atoms with Crippen LogP contribution in [0.15, 0.2) is 41.8 Å². The van der Waals surface area contributed by atoms with E-state index in [1.54, 1.807) is 6.08 Å². The summed E-state index contributed by atoms with van der Waals surface area (Å²) in [4.78, 5) is 24.2. The number of esters is 1. The van der Waals surface area contributed by atoms with E-state index in [9.17, 15) is 18.4 Å². The monoisotopic (exact) mass is 397 g/mol. The van der Waals surface area contributed by atoms with Crippen molar-refractivity contribution in [2.75, 3.05) is 13.7 Å². The largest absolute Gasteiger partial charge is 0.493 e. The number of halogens is 2. The minimum Gasteiger partial charge on any atom is -0.493 e. The van der Waals surface area contributed by atoms with Gasteiger partial charge in [0.2, 0.25) is 0 Å². The lowest BCUT2D eigenvalue weighted by atomic mass is 10.2. The number of thiophene rings is 1. The Balaban J connectivity index is 1.78. The fraction of sp³-hybridized carbons (Fsp3) is 0.222. The molecule has 0 saturated heterocycles. The van der Waals surface area contributed by atoms with Crippen LogP contribution in [0.25, 0.3) is 6.08 Å². The summed E-state index contributed by atoms with van der Waals surface area (Å²) >= 11 is 1.47. The second-order valence-corrected chi connectivity index (χ2v) is 6.08. The van der Waals surface area contributed by atoms with Gasteiger partial charge >= 0.3 is 12.6 Å². The Morgan fingerprint density at radius 1 is 1.26 bits per heavy atom. The minimum absolute atomic E-state index is 0.103. The SMILES string of the molecule is COc1cc(CNC(=O)COC(=O)/C=C/c2cccs2)ccc1OC(F)F. The van der Waals surface area contributed by atoms with Crippen LogP contribution in [0.2, 0.25) is 0 Å². The van der Waals surface area contributed by atoms with Crippen LogP contribution in [0.5, 0.6) is 11.5 Å². The van der Waals surface area contributed by atoms with Gasteiger partial charge in [0.1, 0.15) is 0 Å². The predicted octanol–water partition coefficient (Wildman–Crippen LogP) is 3.23. The molecule has 0 spiro atoms. The first-order valence-electron chi connectivity index (χ1n) is 7.74. The molecule has 144 valence electrons. The smallest absolute Gasteiger partial charge is 0.387 e. The molecule has 0 aliphatic rings. The summed E-state index contributed by atoms with van der Waals surface area (Å²) in [6.45, 7) is -3.29. The van der Waals surface area contributed by atoms with Crippen molar-refractivity contribution in [2.24, 2.45) is 0 Å². The van der Waals surface area contributed by atoms with Crippen molar-refractivity contribution in [1.82, 2.24) is 5.32 Å². The number of methoxy groups -OCH3 is 1. The Morgan fingerprint density at radius 3 is 2.74 bits per heavy atom. The van der Waals surface area contributed by atoms with Crippen molar-refractivity contribution in [1.29, 1.82) is 0 Å². The molecule has 0 radical (unpaired) electrons. The molecule has 0 fully saturated rings. The van der Waals surface area contributed by atoms with Crippen LogP contribution in [-0.4, -0.2) is 32.2 Å². The van der Waals surface area contributed by atoms with Gasteiger partial charge in [-0.1, -0.05) is 12.1 Å². The van der Waals surface area contributed by atoms with Gasteiger partial charge in [0.25, 0.3) is 5.91 Å². The maximum atomic E-state index is 12.3. The van der Waals surface area contributed by atoms with Gasteiger partial charge in [-0.2, -0.15) is 8.78 Å². The van der Waals surface area contributed by atoms with E-state index < -0.39 is 25.1 Å². The van der Waals surface area contributed by atoms with Gasteiger partial charge in [0, 0.05) is 17.5 Å². The fourth-order valence-corrected chi connectivity index (χ4v) is 2.61. The summed E-state index contributed by atoms with van der Waals surface area (Å²) in [6.07, 6.45) is 2.84. The van der Waals surface area contributed by atoms with Crippen molar-refractivity contribution in [3.8, 4) is 11.5 Å². The number of carbonyl (C=O) groups excluding carboxylic acids is 2. The zero-order chi connectivity index (χ0) is 19.6. The maximum Gasteiger partial charge on any atom is 0.387 e. The lowest BCUT2D eigenvalue weighted by molar-refractivity contribution is -0.143. The highest BCUT2D eigenvalue weighted by atomic mass is 32.1. The molecule has 1 amide bonds. The average Bonchev–Trinajstić information content (AvgIpc) is 3.17. The van der Waals surface area contributed by atoms with Crippen molar-refractivity contribution >= 4 is 29.3 Å². The van der Waals surface area contributed by atoms with Gasteiger partial charge < -0.3 is 19.5 Å². The summed E-state index contributed by atoms with van der Waals surface area (Å²) in [5.41, 5.74) is 0.603. The molecule has 1 heterocycles. The quantitative estimate of drug-likeness (QED) is 0.520. The first-order valence-corrected chi connectivity index (χ1v) is 8.62. The number of rotatable bonds is 9. The molecule has 0 unspecified atom stereocenters. The van der Waals surface area contributed by atoms with Crippen LogP contribution in [0.1, 0.15) is 10.4 Å². The number of hydrogen-bond acceptors (Lipinski definition) is 6. The van der Waals surface area contributed by atoms with Gasteiger partial charge in [-0.05, 0) is 35.2 Å². The molecular formula is C18H17F2NO5S. The fourth-order valence-electron chi connectivity index (χ4n) is 1.99. The Labute approximate surface area is 158 Å². The number of benzene rings is 1. The van der Waals surface area contributed by atoms with Crippen LogP contribution < -0.4 is 14.8 Å². The van der Waals surface area contributed by atoms with Gasteiger partial charge in [-0.25, -0.2) is 4.79 Å². The second kappa shape index (κ2) is 10.3. The maximum absolute atomic E-state index is 12.3. The molecule has 1 aromatic carbocycles. The van der Waals surface area contributed by atoms with E-state index in [0.717, 1.165) is 4.88 Å². The van der Waals surface area contributed by atoms with Gasteiger partial charge in [-0.15, -0.1) is 11.3 Å². The van der Waals surface area contributed by atoms with E-state index in [2.05, 4.69) is 10.1 Å². The van der Waals surface area contributed by atoms with E-state index in [-0.39, 0.29) is 18.0 Å². The summed E-state index contributed by atoms with van der Waals surface area (Å²) < 4.78 is 38.7. The molecule has 2 rings (SSSR count). The molecule has 0 saturated carbocycles. The van der Waals surface area contributed by atoms with Crippen LogP contribution in [-0.2, 0) is 20.9 Å². The van der Waals surface area contributed by atoms with Gasteiger partial charge in [0.15, 0.2) is 18.1 Å². The Hall–Kier alpha value is -2.94. The number of amides is 1. The van der Waals surface area contributed by atoms with E-state index in [1.165, 1.54) is 42.7 Å². The molecule has 9 heteroatoms. The number of nitrogens with one attached hydrogen (secondary N) is 1. The van der Waals surface area contributed by atoms with Crippen LogP contribution in [0.4, 0.5) is 8.78 Å². The van der Waals surface area contributed by atoms with Crippen molar-refractivity contribution in [2.45, 2.75) is 13.2 Å². The molecule has 1 aromatic heterocycles. The van der Waals surface area contributed by atoms with Gasteiger partial charge in [-0.3, -0.25) is 4.79 Å². The highest BCUT2D eigenvalue weighted by molar-refractivity contribution is 7.10. The average molecular weight is 397 g/mol. The molecule has 2 aromatic rings. The first-order chi connectivity index (χ1) is 13.0. The van der Waals surface area contributed by atoms with Crippen molar-refractivity contribution in [3.63, 3.8) is 0 Å². The normalized spacial score (nSPS) is 10.8. The number of carbonyl (C=O) groups is 2. The van der Waals surface area contributed by atoms with Crippen molar-refractivity contribution < 1.29 is 32.6 Å². The first kappa shape index (κ1) is 20.4. The highest BCUT2D eigenvalue weighted by Crippen LogP contribution is 2.29. The Kier molecular flexibility index (Phi) is 7.75. The summed E-state index contributed by atoms with van der Waals surface area (Å²) in [7, 11) is 1.32. The Bertz CT molecular complexity index is 793.